The van der Waals surface area contributed by atoms with Gasteiger partial charge in [-0.05, 0) is 51.0 Å². The standard InChI is InChI=1S/C26H30N6O3S2/c1-16-15-36-25(27-16)37(34)26(9-10-26)21-13-22(32-11-12-35-14-17(32)2)31-23(30-21)18-3-5-19(6-4-18)28-24(33)29-20-7-8-20/h3-6,13,15,17,20H,7-12,14H2,1-2H3,(H2,28,29,33)/p+1. The molecule has 0 bridgehead atoms. The zero-order chi connectivity index (χ0) is 25.6. The SMILES string of the molecule is Cc1csc([SH+](=O)C2(c3cc(N4CCOCC4C)nc(-c4ccc(NC(=O)NC5CC5)cc4)n3)CC2)n1. The molecule has 2 aliphatic carbocycles. The summed E-state index contributed by atoms with van der Waals surface area (Å²) in [6, 6.07) is 9.86. The summed E-state index contributed by atoms with van der Waals surface area (Å²) in [5.74, 6) is 1.41. The molecule has 2 atom stereocenters. The number of ether oxygens (including phenoxy) is 1. The second-order valence-corrected chi connectivity index (χ2v) is 13.1. The maximum absolute atomic E-state index is 13.7. The molecule has 3 aliphatic rings. The molecular weight excluding hydrogens is 508 g/mol. The molecule has 0 spiro atoms. The molecule has 3 aromatic rings. The maximum atomic E-state index is 13.7. The number of hydrogen-bond donors (Lipinski definition) is 2. The first-order chi connectivity index (χ1) is 17.9. The Morgan fingerprint density at radius 1 is 1.19 bits per heavy atom. The summed E-state index contributed by atoms with van der Waals surface area (Å²) in [5, 5.41) is 7.76. The molecule has 3 fully saturated rings. The molecule has 9 nitrogen and oxygen atoms in total. The van der Waals surface area contributed by atoms with Crippen LogP contribution in [0.15, 0.2) is 40.1 Å². The molecule has 1 aliphatic heterocycles. The number of carbonyl (C=O) groups excluding carboxylic acids is 1. The Bertz CT molecular complexity index is 1340. The number of nitrogens with zero attached hydrogens (tertiary/aromatic N) is 4. The van der Waals surface area contributed by atoms with E-state index >= 15 is 0 Å². The lowest BCUT2D eigenvalue weighted by molar-refractivity contribution is 0.0985. The third-order valence-electron chi connectivity index (χ3n) is 7.06. The third-order valence-corrected chi connectivity index (χ3v) is 10.5. The number of rotatable bonds is 7. The summed E-state index contributed by atoms with van der Waals surface area (Å²) in [6.07, 6.45) is 3.71. The van der Waals surface area contributed by atoms with E-state index in [-0.39, 0.29) is 12.1 Å². The molecule has 0 radical (unpaired) electrons. The highest BCUT2D eigenvalue weighted by molar-refractivity contribution is 7.88. The number of anilines is 2. The van der Waals surface area contributed by atoms with Gasteiger partial charge in [0.2, 0.25) is 0 Å². The van der Waals surface area contributed by atoms with Crippen molar-refractivity contribution in [2.75, 3.05) is 30.0 Å². The van der Waals surface area contributed by atoms with E-state index in [1.54, 1.807) is 0 Å². The minimum Gasteiger partial charge on any atom is -0.377 e. The van der Waals surface area contributed by atoms with Crippen LogP contribution in [-0.2, 0) is 24.5 Å². The fourth-order valence-corrected chi connectivity index (χ4v) is 7.65. The molecule has 2 amide bonds. The van der Waals surface area contributed by atoms with Crippen molar-refractivity contribution < 1.29 is 13.7 Å². The van der Waals surface area contributed by atoms with Crippen molar-refractivity contribution in [1.82, 2.24) is 20.3 Å². The van der Waals surface area contributed by atoms with Crippen LogP contribution in [0.1, 0.15) is 44.0 Å². The van der Waals surface area contributed by atoms with E-state index in [4.69, 9.17) is 14.7 Å². The second kappa shape index (κ2) is 9.77. The Balaban J connectivity index is 1.34. The summed E-state index contributed by atoms with van der Waals surface area (Å²) < 4.78 is 19.6. The molecule has 11 heteroatoms. The van der Waals surface area contributed by atoms with Gasteiger partial charge >= 0.3 is 10.4 Å². The van der Waals surface area contributed by atoms with E-state index in [9.17, 15) is 9.00 Å². The zero-order valence-electron chi connectivity index (χ0n) is 20.9. The highest BCUT2D eigenvalue weighted by Gasteiger charge is 2.59. The van der Waals surface area contributed by atoms with Gasteiger partial charge in [-0.3, -0.25) is 0 Å². The van der Waals surface area contributed by atoms with Crippen LogP contribution >= 0.6 is 11.3 Å². The van der Waals surface area contributed by atoms with Crippen LogP contribution < -0.4 is 15.5 Å². The van der Waals surface area contributed by atoms with Crippen LogP contribution in [0.25, 0.3) is 11.4 Å². The number of thiazole rings is 1. The van der Waals surface area contributed by atoms with Crippen LogP contribution in [0, 0.1) is 6.92 Å². The van der Waals surface area contributed by atoms with Crippen molar-refractivity contribution in [1.29, 1.82) is 0 Å². The topological polar surface area (TPSA) is 109 Å². The van der Waals surface area contributed by atoms with E-state index in [2.05, 4.69) is 27.4 Å². The predicted octanol–water partition coefficient (Wildman–Crippen LogP) is 4.16. The average molecular weight is 540 g/mol. The van der Waals surface area contributed by atoms with Gasteiger partial charge in [0.15, 0.2) is 10.6 Å². The predicted molar refractivity (Wildman–Crippen MR) is 146 cm³/mol. The van der Waals surface area contributed by atoms with Crippen molar-refractivity contribution in [2.24, 2.45) is 0 Å². The number of urea groups is 1. The van der Waals surface area contributed by atoms with Crippen LogP contribution in [0.4, 0.5) is 16.3 Å². The largest absolute Gasteiger partial charge is 0.377 e. The van der Waals surface area contributed by atoms with Crippen LogP contribution in [0.5, 0.6) is 0 Å². The Hall–Kier alpha value is -2.89. The third kappa shape index (κ3) is 5.12. The van der Waals surface area contributed by atoms with E-state index in [1.807, 2.05) is 42.6 Å². The highest BCUT2D eigenvalue weighted by atomic mass is 32.2. The number of hydrogen-bond acceptors (Lipinski definition) is 8. The summed E-state index contributed by atoms with van der Waals surface area (Å²) >= 11 is 1.46. The number of carbonyl (C=O) groups is 1. The number of aromatic nitrogens is 3. The van der Waals surface area contributed by atoms with Gasteiger partial charge in [0.05, 0.1) is 24.9 Å². The lowest BCUT2D eigenvalue weighted by Gasteiger charge is -2.34. The number of nitrogens with one attached hydrogen (secondary N) is 2. The van der Waals surface area contributed by atoms with Gasteiger partial charge in [-0.25, -0.2) is 14.8 Å². The Morgan fingerprint density at radius 3 is 2.62 bits per heavy atom. The average Bonchev–Trinajstić information content (AvgIpc) is 3.83. The molecule has 37 heavy (non-hydrogen) atoms. The van der Waals surface area contributed by atoms with Crippen molar-refractivity contribution in [3.05, 3.63) is 47.1 Å². The van der Waals surface area contributed by atoms with E-state index in [0.717, 1.165) is 55.0 Å². The Kier molecular flexibility index (Phi) is 6.46. The van der Waals surface area contributed by atoms with E-state index < -0.39 is 15.5 Å². The fraction of sp³-hybridized carbons (Fsp3) is 0.462. The molecule has 194 valence electrons. The number of aryl methyl sites for hydroxylation is 1. The summed E-state index contributed by atoms with van der Waals surface area (Å²) in [7, 11) is -1.73. The number of benzene rings is 1. The van der Waals surface area contributed by atoms with E-state index in [0.29, 0.717) is 35.1 Å². The lowest BCUT2D eigenvalue weighted by atomic mass is 10.1. The molecule has 2 saturated carbocycles. The molecule has 3 heterocycles. The number of morpholine rings is 1. The molecule has 2 aromatic heterocycles. The van der Waals surface area contributed by atoms with Gasteiger partial charge in [0.1, 0.15) is 22.3 Å². The van der Waals surface area contributed by atoms with E-state index in [1.165, 1.54) is 11.3 Å². The Labute approximate surface area is 222 Å². The zero-order valence-corrected chi connectivity index (χ0v) is 22.6. The Morgan fingerprint density at radius 2 is 1.97 bits per heavy atom. The van der Waals surface area contributed by atoms with Crippen molar-refractivity contribution in [2.45, 2.75) is 60.7 Å². The minimum atomic E-state index is -1.73. The number of amides is 2. The lowest BCUT2D eigenvalue weighted by Crippen LogP contribution is -2.44. The first-order valence-electron chi connectivity index (χ1n) is 12.7. The summed E-state index contributed by atoms with van der Waals surface area (Å²) in [5.41, 5.74) is 3.25. The second-order valence-electron chi connectivity index (χ2n) is 10.1. The van der Waals surface area contributed by atoms with Crippen LogP contribution in [-0.4, -0.2) is 52.8 Å². The van der Waals surface area contributed by atoms with Gasteiger partial charge in [0.25, 0.3) is 0 Å². The fourth-order valence-electron chi connectivity index (χ4n) is 4.60. The van der Waals surface area contributed by atoms with Crippen LogP contribution in [0.3, 0.4) is 0 Å². The van der Waals surface area contributed by atoms with Gasteiger partial charge in [-0.1, -0.05) is 15.5 Å². The van der Waals surface area contributed by atoms with Crippen molar-refractivity contribution >= 4 is 39.7 Å². The summed E-state index contributed by atoms with van der Waals surface area (Å²) in [6.45, 7) is 6.06. The maximum Gasteiger partial charge on any atom is 0.319 e. The van der Waals surface area contributed by atoms with Gasteiger partial charge < -0.3 is 20.3 Å². The smallest absolute Gasteiger partial charge is 0.319 e. The normalized spacial score (nSPS) is 21.4. The quantitative estimate of drug-likeness (QED) is 0.343. The minimum absolute atomic E-state index is 0.173. The molecule has 2 unspecified atom stereocenters. The van der Waals surface area contributed by atoms with Gasteiger partial charge in [0, 0.05) is 48.1 Å². The van der Waals surface area contributed by atoms with Gasteiger partial charge in [-0.15, -0.1) is 0 Å². The molecule has 2 N–H and O–H groups in total. The molecule has 6 rings (SSSR count). The van der Waals surface area contributed by atoms with Crippen LogP contribution in [0.2, 0.25) is 0 Å². The first kappa shape index (κ1) is 24.4. The number of thiol groups is 1. The van der Waals surface area contributed by atoms with Crippen molar-refractivity contribution in [3.63, 3.8) is 0 Å². The molecular formula is C26H31N6O3S2+. The first-order valence-corrected chi connectivity index (χ1v) is 14.9. The molecule has 1 aromatic carbocycles. The van der Waals surface area contributed by atoms with Gasteiger partial charge in [-0.2, -0.15) is 4.98 Å². The monoisotopic (exact) mass is 539 g/mol. The highest BCUT2D eigenvalue weighted by Crippen LogP contribution is 2.53. The van der Waals surface area contributed by atoms with Crippen molar-refractivity contribution in [3.8, 4) is 11.4 Å². The summed E-state index contributed by atoms with van der Waals surface area (Å²) in [4.78, 5) is 28.8. The molecule has 1 saturated heterocycles.